The van der Waals surface area contributed by atoms with Crippen LogP contribution in [0.15, 0.2) is 59.5 Å². The number of ether oxygens (including phenoxy) is 1. The van der Waals surface area contributed by atoms with Gasteiger partial charge in [0.2, 0.25) is 0 Å². The number of nitrogens with one attached hydrogen (secondary N) is 1. The van der Waals surface area contributed by atoms with Gasteiger partial charge in [0, 0.05) is 4.90 Å². The predicted molar refractivity (Wildman–Crippen MR) is 100 cm³/mol. The van der Waals surface area contributed by atoms with E-state index in [4.69, 9.17) is 4.74 Å². The van der Waals surface area contributed by atoms with Crippen LogP contribution in [0.3, 0.4) is 0 Å². The smallest absolute Gasteiger partial charge is 0.316 e. The van der Waals surface area contributed by atoms with Gasteiger partial charge in [-0.05, 0) is 24.1 Å². The molecule has 0 saturated heterocycles. The van der Waals surface area contributed by atoms with Crippen molar-refractivity contribution in [2.24, 2.45) is 0 Å². The average molecular weight is 375 g/mol. The van der Waals surface area contributed by atoms with E-state index in [2.05, 4.69) is 5.32 Å². The lowest BCUT2D eigenvalue weighted by atomic mass is 10.0. The quantitative estimate of drug-likeness (QED) is 0.529. The van der Waals surface area contributed by atoms with Gasteiger partial charge >= 0.3 is 5.97 Å². The summed E-state index contributed by atoms with van der Waals surface area (Å²) >= 11 is 1.04. The van der Waals surface area contributed by atoms with Crippen molar-refractivity contribution in [3.63, 3.8) is 0 Å². The molecule has 4 nitrogen and oxygen atoms in total. The summed E-state index contributed by atoms with van der Waals surface area (Å²) < 4.78 is 18.5. The molecule has 2 rings (SSSR count). The Morgan fingerprint density at radius 2 is 1.81 bits per heavy atom. The highest BCUT2D eigenvalue weighted by Gasteiger charge is 2.15. The molecule has 0 bridgehead atoms. The number of benzene rings is 2. The molecule has 0 saturated carbocycles. The molecule has 6 heteroatoms. The third-order valence-corrected chi connectivity index (χ3v) is 4.68. The third-order valence-electron chi connectivity index (χ3n) is 3.66. The molecule has 0 aliphatic carbocycles. The largest absolute Gasteiger partial charge is 0.455 e. The van der Waals surface area contributed by atoms with Crippen molar-refractivity contribution in [1.29, 1.82) is 0 Å². The van der Waals surface area contributed by atoms with Crippen LogP contribution < -0.4 is 5.32 Å². The van der Waals surface area contributed by atoms with Gasteiger partial charge < -0.3 is 10.1 Å². The number of thioether (sulfide) groups is 1. The molecule has 0 fully saturated rings. The molecule has 26 heavy (non-hydrogen) atoms. The van der Waals surface area contributed by atoms with Gasteiger partial charge in [0.15, 0.2) is 6.61 Å². The molecule has 138 valence electrons. The van der Waals surface area contributed by atoms with Crippen molar-refractivity contribution >= 4 is 23.6 Å². The summed E-state index contributed by atoms with van der Waals surface area (Å²) in [6, 6.07) is 15.8. The SMILES string of the molecule is CCC[C@H](NC(=O)COC(=O)CSc1ccccc1F)c1ccccc1. The minimum absolute atomic E-state index is 0.0503. The first-order chi connectivity index (χ1) is 12.6. The van der Waals surface area contributed by atoms with Crippen LogP contribution >= 0.6 is 11.8 Å². The molecule has 1 atom stereocenters. The summed E-state index contributed by atoms with van der Waals surface area (Å²) in [7, 11) is 0. The zero-order valence-electron chi connectivity index (χ0n) is 14.6. The normalized spacial score (nSPS) is 11.6. The van der Waals surface area contributed by atoms with Gasteiger partial charge in [-0.3, -0.25) is 9.59 Å². The predicted octanol–water partition coefficient (Wildman–Crippen LogP) is 4.12. The maximum Gasteiger partial charge on any atom is 0.316 e. The molecule has 0 aromatic heterocycles. The molecule has 2 aromatic rings. The van der Waals surface area contributed by atoms with Crippen molar-refractivity contribution in [2.75, 3.05) is 12.4 Å². The van der Waals surface area contributed by atoms with E-state index >= 15 is 0 Å². The first-order valence-electron chi connectivity index (χ1n) is 8.47. The maximum atomic E-state index is 13.5. The first kappa shape index (κ1) is 20.0. The van der Waals surface area contributed by atoms with Crippen LogP contribution in [-0.2, 0) is 14.3 Å². The molecule has 0 aliphatic rings. The Morgan fingerprint density at radius 3 is 2.50 bits per heavy atom. The van der Waals surface area contributed by atoms with Crippen molar-refractivity contribution in [3.05, 3.63) is 66.0 Å². The maximum absolute atomic E-state index is 13.5. The molecule has 2 aromatic carbocycles. The summed E-state index contributed by atoms with van der Waals surface area (Å²) in [5.41, 5.74) is 1.02. The summed E-state index contributed by atoms with van der Waals surface area (Å²) in [6.07, 6.45) is 1.71. The highest BCUT2D eigenvalue weighted by molar-refractivity contribution is 8.00. The Hall–Kier alpha value is -2.34. The van der Waals surface area contributed by atoms with Gasteiger partial charge in [-0.2, -0.15) is 0 Å². The van der Waals surface area contributed by atoms with Crippen LogP contribution in [0.5, 0.6) is 0 Å². The second-order valence-electron chi connectivity index (χ2n) is 5.70. The molecule has 1 N–H and O–H groups in total. The second-order valence-corrected chi connectivity index (χ2v) is 6.72. The van der Waals surface area contributed by atoms with Crippen molar-refractivity contribution in [1.82, 2.24) is 5.32 Å². The Bertz CT molecular complexity index is 724. The Balaban J connectivity index is 1.78. The van der Waals surface area contributed by atoms with Gasteiger partial charge in [-0.15, -0.1) is 11.8 Å². The monoisotopic (exact) mass is 375 g/mol. The zero-order chi connectivity index (χ0) is 18.8. The number of hydrogen-bond donors (Lipinski definition) is 1. The molecule has 1 amide bonds. The minimum atomic E-state index is -0.555. The van der Waals surface area contributed by atoms with Gasteiger partial charge in [0.25, 0.3) is 5.91 Å². The summed E-state index contributed by atoms with van der Waals surface area (Å²) in [5, 5.41) is 2.89. The summed E-state index contributed by atoms with van der Waals surface area (Å²) in [4.78, 5) is 24.2. The minimum Gasteiger partial charge on any atom is -0.455 e. The van der Waals surface area contributed by atoms with E-state index in [0.717, 1.165) is 30.2 Å². The zero-order valence-corrected chi connectivity index (χ0v) is 15.4. The Morgan fingerprint density at radius 1 is 1.12 bits per heavy atom. The number of amides is 1. The lowest BCUT2D eigenvalue weighted by molar-refractivity contribution is -0.146. The van der Waals surface area contributed by atoms with Crippen molar-refractivity contribution in [3.8, 4) is 0 Å². The van der Waals surface area contributed by atoms with Crippen LogP contribution in [0.2, 0.25) is 0 Å². The highest BCUT2D eigenvalue weighted by atomic mass is 32.2. The van der Waals surface area contributed by atoms with Crippen LogP contribution in [0.1, 0.15) is 31.4 Å². The van der Waals surface area contributed by atoms with E-state index in [-0.39, 0.29) is 30.1 Å². The summed E-state index contributed by atoms with van der Waals surface area (Å²) in [5.74, 6) is -1.34. The lowest BCUT2D eigenvalue weighted by Gasteiger charge is -2.18. The van der Waals surface area contributed by atoms with E-state index in [1.165, 1.54) is 6.07 Å². The Kier molecular flexibility index (Phi) is 8.15. The number of carbonyl (C=O) groups is 2. The number of esters is 1. The number of rotatable bonds is 9. The van der Waals surface area contributed by atoms with Crippen LogP contribution in [0, 0.1) is 5.82 Å². The van der Waals surface area contributed by atoms with Crippen LogP contribution in [0.25, 0.3) is 0 Å². The fraction of sp³-hybridized carbons (Fsp3) is 0.300. The number of carbonyl (C=O) groups excluding carboxylic acids is 2. The second kappa shape index (κ2) is 10.6. The van der Waals surface area contributed by atoms with Crippen LogP contribution in [0.4, 0.5) is 4.39 Å². The third kappa shape index (κ3) is 6.52. The molecule has 0 aliphatic heterocycles. The van der Waals surface area contributed by atoms with E-state index < -0.39 is 5.97 Å². The molecule has 0 radical (unpaired) electrons. The van der Waals surface area contributed by atoms with Gasteiger partial charge in [0.1, 0.15) is 5.82 Å². The van der Waals surface area contributed by atoms with Gasteiger partial charge in [-0.25, -0.2) is 4.39 Å². The summed E-state index contributed by atoms with van der Waals surface area (Å²) in [6.45, 7) is 1.70. The molecule has 0 unspecified atom stereocenters. The Labute approximate surface area is 157 Å². The van der Waals surface area contributed by atoms with Crippen molar-refractivity contribution in [2.45, 2.75) is 30.7 Å². The van der Waals surface area contributed by atoms with E-state index in [1.807, 2.05) is 37.3 Å². The molecule has 0 spiro atoms. The van der Waals surface area contributed by atoms with Gasteiger partial charge in [0.05, 0.1) is 11.8 Å². The fourth-order valence-corrected chi connectivity index (χ4v) is 3.16. The van der Waals surface area contributed by atoms with Crippen molar-refractivity contribution < 1.29 is 18.7 Å². The van der Waals surface area contributed by atoms with Crippen LogP contribution in [-0.4, -0.2) is 24.2 Å². The number of halogens is 1. The highest BCUT2D eigenvalue weighted by Crippen LogP contribution is 2.21. The molecular formula is C20H22FNO3S. The van der Waals surface area contributed by atoms with Gasteiger partial charge in [-0.1, -0.05) is 55.8 Å². The van der Waals surface area contributed by atoms with E-state index in [1.54, 1.807) is 18.2 Å². The standard InChI is InChI=1S/C20H22FNO3S/c1-2-8-17(15-9-4-3-5-10-15)22-19(23)13-25-20(24)14-26-18-12-7-6-11-16(18)21/h3-7,9-12,17H,2,8,13-14H2,1H3,(H,22,23)/t17-/m0/s1. The lowest BCUT2D eigenvalue weighted by Crippen LogP contribution is -2.32. The van der Waals surface area contributed by atoms with E-state index in [9.17, 15) is 14.0 Å². The average Bonchev–Trinajstić information content (AvgIpc) is 2.66. The first-order valence-corrected chi connectivity index (χ1v) is 9.46. The number of hydrogen-bond acceptors (Lipinski definition) is 4. The topological polar surface area (TPSA) is 55.4 Å². The molecule has 0 heterocycles. The fourth-order valence-electron chi connectivity index (χ4n) is 2.42. The van der Waals surface area contributed by atoms with E-state index in [0.29, 0.717) is 4.90 Å². The molecular weight excluding hydrogens is 353 g/mol.